The van der Waals surface area contributed by atoms with Gasteiger partial charge in [-0.3, -0.25) is 0 Å². The minimum absolute atomic E-state index is 0.0677. The van der Waals surface area contributed by atoms with Gasteiger partial charge in [-0.05, 0) is 19.1 Å². The Balaban J connectivity index is 2.46. The number of morpholine rings is 1. The number of benzene rings is 1. The van der Waals surface area contributed by atoms with E-state index in [1.54, 1.807) is 0 Å². The first-order valence-corrected chi connectivity index (χ1v) is 7.00. The molecular weight excluding hydrogens is 259 g/mol. The number of halogens is 1. The predicted molar refractivity (Wildman–Crippen MR) is 65.1 cm³/mol. The number of sulfonamides is 1. The van der Waals surface area contributed by atoms with Crippen molar-refractivity contribution in [1.29, 1.82) is 0 Å². The zero-order valence-corrected chi connectivity index (χ0v) is 10.8. The van der Waals surface area contributed by atoms with Crippen molar-refractivity contribution >= 4 is 15.7 Å². The summed E-state index contributed by atoms with van der Waals surface area (Å²) in [4.78, 5) is -0.0677. The summed E-state index contributed by atoms with van der Waals surface area (Å²) in [5.41, 5.74) is 5.70. The molecule has 1 aliphatic heterocycles. The molecule has 1 fully saturated rings. The van der Waals surface area contributed by atoms with E-state index in [-0.39, 0.29) is 29.2 Å². The lowest BCUT2D eigenvalue weighted by Gasteiger charge is -2.26. The van der Waals surface area contributed by atoms with Gasteiger partial charge in [0.25, 0.3) is 0 Å². The maximum atomic E-state index is 13.5. The molecule has 2 rings (SSSR count). The van der Waals surface area contributed by atoms with Crippen LogP contribution >= 0.6 is 0 Å². The molecule has 0 amide bonds. The van der Waals surface area contributed by atoms with Gasteiger partial charge < -0.3 is 10.5 Å². The summed E-state index contributed by atoms with van der Waals surface area (Å²) in [5.74, 6) is -0.609. The molecule has 18 heavy (non-hydrogen) atoms. The van der Waals surface area contributed by atoms with E-state index >= 15 is 0 Å². The first-order valence-electron chi connectivity index (χ1n) is 5.56. The largest absolute Gasteiger partial charge is 0.399 e. The molecule has 5 nitrogen and oxygen atoms in total. The summed E-state index contributed by atoms with van der Waals surface area (Å²) in [5, 5.41) is 0. The Morgan fingerprint density at radius 3 is 2.56 bits per heavy atom. The Kier molecular flexibility index (Phi) is 3.56. The zero-order valence-electron chi connectivity index (χ0n) is 10.0. The molecule has 7 heteroatoms. The highest BCUT2D eigenvalue weighted by Crippen LogP contribution is 2.25. The second-order valence-corrected chi connectivity index (χ2v) is 6.05. The van der Waals surface area contributed by atoms with Crippen LogP contribution in [-0.4, -0.2) is 39.0 Å². The van der Waals surface area contributed by atoms with Gasteiger partial charge in [-0.15, -0.1) is 0 Å². The van der Waals surface area contributed by atoms with Crippen molar-refractivity contribution in [3.8, 4) is 0 Å². The van der Waals surface area contributed by atoms with Crippen LogP contribution in [0, 0.1) is 12.7 Å². The number of ether oxygens (including phenoxy) is 1. The molecule has 2 N–H and O–H groups in total. The van der Waals surface area contributed by atoms with Crippen molar-refractivity contribution in [2.75, 3.05) is 32.0 Å². The number of nitrogens with zero attached hydrogens (tertiary/aromatic N) is 1. The molecule has 0 aromatic heterocycles. The molecule has 0 spiro atoms. The van der Waals surface area contributed by atoms with E-state index in [1.807, 2.05) is 0 Å². The van der Waals surface area contributed by atoms with E-state index in [2.05, 4.69) is 0 Å². The summed E-state index contributed by atoms with van der Waals surface area (Å²) in [7, 11) is -3.70. The molecular formula is C11H15FN2O3S. The molecule has 0 unspecified atom stereocenters. The van der Waals surface area contributed by atoms with Crippen molar-refractivity contribution in [3.05, 3.63) is 23.5 Å². The van der Waals surface area contributed by atoms with Crippen LogP contribution in [0.15, 0.2) is 17.0 Å². The van der Waals surface area contributed by atoms with E-state index in [0.717, 1.165) is 6.07 Å². The molecule has 100 valence electrons. The molecule has 1 saturated heterocycles. The number of hydrogen-bond donors (Lipinski definition) is 1. The minimum Gasteiger partial charge on any atom is -0.399 e. The standard InChI is InChI=1S/C11H15FN2O3S/c1-8-10(12)6-9(13)7-11(8)18(15,16)14-2-4-17-5-3-14/h6-7H,2-5,13H2,1H3. The molecule has 0 saturated carbocycles. The third-order valence-corrected chi connectivity index (χ3v) is 4.93. The second-order valence-electron chi connectivity index (χ2n) is 4.14. The Labute approximate surface area is 105 Å². The SMILES string of the molecule is Cc1c(F)cc(N)cc1S(=O)(=O)N1CCOCC1. The van der Waals surface area contributed by atoms with E-state index < -0.39 is 15.8 Å². The fourth-order valence-corrected chi connectivity index (χ4v) is 3.54. The average molecular weight is 274 g/mol. The van der Waals surface area contributed by atoms with E-state index in [1.165, 1.54) is 17.3 Å². The molecule has 0 aliphatic carbocycles. The van der Waals surface area contributed by atoms with Crippen LogP contribution in [0.25, 0.3) is 0 Å². The maximum absolute atomic E-state index is 13.5. The molecule has 1 aliphatic rings. The highest BCUT2D eigenvalue weighted by molar-refractivity contribution is 7.89. The van der Waals surface area contributed by atoms with Crippen LogP contribution in [0.3, 0.4) is 0 Å². The van der Waals surface area contributed by atoms with Crippen LogP contribution < -0.4 is 5.73 Å². The minimum atomic E-state index is -3.70. The molecule has 0 bridgehead atoms. The van der Waals surface area contributed by atoms with Gasteiger partial charge in [-0.25, -0.2) is 12.8 Å². The summed E-state index contributed by atoms with van der Waals surface area (Å²) in [6.45, 7) is 2.69. The van der Waals surface area contributed by atoms with Crippen molar-refractivity contribution in [3.63, 3.8) is 0 Å². The number of hydrogen-bond acceptors (Lipinski definition) is 4. The lowest BCUT2D eigenvalue weighted by Crippen LogP contribution is -2.40. The maximum Gasteiger partial charge on any atom is 0.243 e. The smallest absolute Gasteiger partial charge is 0.243 e. The Morgan fingerprint density at radius 1 is 1.33 bits per heavy atom. The fraction of sp³-hybridized carbons (Fsp3) is 0.455. The second kappa shape index (κ2) is 4.83. The van der Waals surface area contributed by atoms with Gasteiger partial charge in [0.15, 0.2) is 0 Å². The first-order chi connectivity index (χ1) is 8.43. The summed E-state index contributed by atoms with van der Waals surface area (Å²) < 4.78 is 44.7. The number of nitrogen functional groups attached to an aromatic ring is 1. The van der Waals surface area contributed by atoms with Crippen molar-refractivity contribution < 1.29 is 17.5 Å². The lowest BCUT2D eigenvalue weighted by atomic mass is 10.2. The first kappa shape index (κ1) is 13.3. The van der Waals surface area contributed by atoms with Gasteiger partial charge in [0, 0.05) is 24.3 Å². The van der Waals surface area contributed by atoms with Crippen molar-refractivity contribution in [1.82, 2.24) is 4.31 Å². The molecule has 0 atom stereocenters. The van der Waals surface area contributed by atoms with Crippen LogP contribution in [0.2, 0.25) is 0 Å². The fourth-order valence-electron chi connectivity index (χ4n) is 1.87. The van der Waals surface area contributed by atoms with Gasteiger partial charge in [-0.2, -0.15) is 4.31 Å². The van der Waals surface area contributed by atoms with Crippen LogP contribution in [0.4, 0.5) is 10.1 Å². The number of nitrogens with two attached hydrogens (primary N) is 1. The molecule has 1 aromatic carbocycles. The van der Waals surface area contributed by atoms with Crippen molar-refractivity contribution in [2.45, 2.75) is 11.8 Å². The number of rotatable bonds is 2. The molecule has 1 heterocycles. The predicted octanol–water partition coefficient (Wildman–Crippen LogP) is 0.737. The summed E-state index contributed by atoms with van der Waals surface area (Å²) >= 11 is 0. The average Bonchev–Trinajstić information content (AvgIpc) is 2.34. The van der Waals surface area contributed by atoms with Gasteiger partial charge >= 0.3 is 0 Å². The number of anilines is 1. The van der Waals surface area contributed by atoms with Gasteiger partial charge in [0.1, 0.15) is 5.82 Å². The normalized spacial score (nSPS) is 17.9. The Bertz CT molecular complexity index is 554. The quantitative estimate of drug-likeness (QED) is 0.807. The van der Waals surface area contributed by atoms with Crippen LogP contribution in [0.5, 0.6) is 0 Å². The van der Waals surface area contributed by atoms with Crippen molar-refractivity contribution in [2.24, 2.45) is 0 Å². The van der Waals surface area contributed by atoms with Crippen LogP contribution in [-0.2, 0) is 14.8 Å². The van der Waals surface area contributed by atoms with E-state index in [0.29, 0.717) is 13.2 Å². The third-order valence-electron chi connectivity index (χ3n) is 2.91. The highest BCUT2D eigenvalue weighted by atomic mass is 32.2. The zero-order chi connectivity index (χ0) is 13.3. The van der Waals surface area contributed by atoms with Crippen LogP contribution in [0.1, 0.15) is 5.56 Å². The van der Waals surface area contributed by atoms with Gasteiger partial charge in [0.2, 0.25) is 10.0 Å². The van der Waals surface area contributed by atoms with E-state index in [9.17, 15) is 12.8 Å². The lowest BCUT2D eigenvalue weighted by molar-refractivity contribution is 0.0730. The monoisotopic (exact) mass is 274 g/mol. The third kappa shape index (κ3) is 2.33. The summed E-state index contributed by atoms with van der Waals surface area (Å²) in [6, 6.07) is 2.41. The topological polar surface area (TPSA) is 72.6 Å². The molecule has 1 aromatic rings. The molecule has 0 radical (unpaired) electrons. The Hall–Kier alpha value is -1.18. The van der Waals surface area contributed by atoms with Gasteiger partial charge in [-0.1, -0.05) is 0 Å². The van der Waals surface area contributed by atoms with Gasteiger partial charge in [0.05, 0.1) is 18.1 Å². The highest BCUT2D eigenvalue weighted by Gasteiger charge is 2.28. The van der Waals surface area contributed by atoms with E-state index in [4.69, 9.17) is 10.5 Å². The summed E-state index contributed by atoms with van der Waals surface area (Å²) in [6.07, 6.45) is 0. The Morgan fingerprint density at radius 2 is 1.94 bits per heavy atom.